The Kier molecular flexibility index (Phi) is 11.2. The maximum Gasteiger partial charge on any atom is 0.233 e. The minimum absolute atomic E-state index is 0.00962. The van der Waals surface area contributed by atoms with Gasteiger partial charge in [-0.25, -0.2) is 0 Å². The molecule has 6 unspecified atom stereocenters. The van der Waals surface area contributed by atoms with Gasteiger partial charge in [-0.15, -0.1) is 0 Å². The van der Waals surface area contributed by atoms with E-state index >= 15 is 0 Å². The second-order valence-corrected chi connectivity index (χ2v) is 20.2. The molecule has 8 heteroatoms. The van der Waals surface area contributed by atoms with Crippen LogP contribution in [0.5, 0.6) is 0 Å². The van der Waals surface area contributed by atoms with Gasteiger partial charge in [0.2, 0.25) is 23.6 Å². The zero-order chi connectivity index (χ0) is 37.0. The molecule has 0 spiro atoms. The molecule has 8 aliphatic rings. The second kappa shape index (κ2) is 15.6. The van der Waals surface area contributed by atoms with Gasteiger partial charge in [-0.3, -0.25) is 29.0 Å². The van der Waals surface area contributed by atoms with Crippen LogP contribution in [-0.2, 0) is 28.7 Å². The van der Waals surface area contributed by atoms with Crippen LogP contribution in [0.4, 0.5) is 0 Å². The van der Waals surface area contributed by atoms with E-state index in [0.29, 0.717) is 35.6 Å². The molecular weight excluding hydrogens is 665 g/mol. The zero-order valence-electron chi connectivity index (χ0n) is 33.5. The van der Waals surface area contributed by atoms with E-state index in [1.165, 1.54) is 69.1 Å². The number of imide groups is 2. The molecule has 8 fully saturated rings. The number of hydrogen-bond acceptors (Lipinski definition) is 6. The van der Waals surface area contributed by atoms with E-state index in [9.17, 15) is 19.2 Å². The maximum atomic E-state index is 13.9. The van der Waals surface area contributed by atoms with Crippen LogP contribution in [0.15, 0.2) is 0 Å². The molecule has 0 aromatic heterocycles. The summed E-state index contributed by atoms with van der Waals surface area (Å²) in [6.07, 6.45) is 25.3. The lowest BCUT2D eigenvalue weighted by Crippen LogP contribution is -2.44. The molecule has 2 heterocycles. The number of amides is 4. The lowest BCUT2D eigenvalue weighted by atomic mass is 9.60. The number of carbonyl (C=O) groups excluding carboxylic acids is 4. The van der Waals surface area contributed by atoms with Crippen LogP contribution in [0.2, 0.25) is 0 Å². The first kappa shape index (κ1) is 38.1. The normalized spacial score (nSPS) is 44.3. The molecule has 0 radical (unpaired) electrons. The van der Waals surface area contributed by atoms with Gasteiger partial charge in [-0.05, 0) is 176 Å². The van der Waals surface area contributed by atoms with Crippen molar-refractivity contribution >= 4 is 23.6 Å². The molecule has 0 N–H and O–H groups in total. The van der Waals surface area contributed by atoms with E-state index in [2.05, 4.69) is 20.8 Å². The summed E-state index contributed by atoms with van der Waals surface area (Å²) >= 11 is 0. The van der Waals surface area contributed by atoms with Crippen LogP contribution in [0.25, 0.3) is 0 Å². The van der Waals surface area contributed by atoms with Gasteiger partial charge in [0.05, 0.1) is 48.1 Å². The van der Waals surface area contributed by atoms with Crippen molar-refractivity contribution in [3.05, 3.63) is 0 Å². The Morgan fingerprint density at radius 1 is 0.472 bits per heavy atom. The molecule has 6 atom stereocenters. The Labute approximate surface area is 319 Å². The lowest BCUT2D eigenvalue weighted by Gasteiger charge is -2.47. The Morgan fingerprint density at radius 2 is 0.849 bits per heavy atom. The van der Waals surface area contributed by atoms with Crippen molar-refractivity contribution in [1.82, 2.24) is 9.80 Å². The van der Waals surface area contributed by atoms with E-state index in [1.54, 1.807) is 11.9 Å². The standard InChI is InChI=1S/C45H70N2O6/c1-27-5-15-33(16-6-27)52-34-17-9-30(10-18-34)45(2,3)31-11-19-35(20-12-31)53-36-21-13-32(14-22-36)47-43(50)38-24-8-29(26-40(38)44(47)51)28-7-23-37-39(25-28)42(49)46(4)41(37)48/h27-40H,5-26H2,1-4H3. The minimum Gasteiger partial charge on any atom is -0.375 e. The predicted molar refractivity (Wildman–Crippen MR) is 203 cm³/mol. The topological polar surface area (TPSA) is 93.2 Å². The Balaban J connectivity index is 0.759. The van der Waals surface area contributed by atoms with Crippen LogP contribution < -0.4 is 0 Å². The zero-order valence-corrected chi connectivity index (χ0v) is 33.5. The Bertz CT molecular complexity index is 1350. The fourth-order valence-corrected chi connectivity index (χ4v) is 13.4. The fourth-order valence-electron chi connectivity index (χ4n) is 13.4. The SMILES string of the molecule is CC1CCC(OC2CCC(C(C)(C)C3CCC(OC4CCC(N5C(=O)C6CCC(C7CCC8C(=O)N(C)C(=O)C8C7)CC6C5=O)CC4)CC3)CC2)CC1. The van der Waals surface area contributed by atoms with Crippen molar-refractivity contribution in [3.63, 3.8) is 0 Å². The number of likely N-dealkylation sites (tertiary alicyclic amines) is 2. The van der Waals surface area contributed by atoms with E-state index in [0.717, 1.165) is 94.8 Å². The summed E-state index contributed by atoms with van der Waals surface area (Å²) in [6.45, 7) is 7.49. The number of nitrogens with zero attached hydrogens (tertiary/aromatic N) is 2. The summed E-state index contributed by atoms with van der Waals surface area (Å²) in [5.41, 5.74) is 0.367. The van der Waals surface area contributed by atoms with Crippen molar-refractivity contribution in [2.75, 3.05) is 7.05 Å². The van der Waals surface area contributed by atoms with Gasteiger partial charge in [-0.2, -0.15) is 0 Å². The van der Waals surface area contributed by atoms with Crippen LogP contribution in [-0.4, -0.2) is 70.9 Å². The molecule has 2 aliphatic heterocycles. The van der Waals surface area contributed by atoms with Crippen LogP contribution in [0.3, 0.4) is 0 Å². The number of ether oxygens (including phenoxy) is 2. The summed E-state index contributed by atoms with van der Waals surface area (Å²) < 4.78 is 13.4. The quantitative estimate of drug-likeness (QED) is 0.232. The lowest BCUT2D eigenvalue weighted by molar-refractivity contribution is -0.145. The average molecular weight is 735 g/mol. The van der Waals surface area contributed by atoms with E-state index in [1.807, 2.05) is 0 Å². The molecule has 2 saturated heterocycles. The molecule has 53 heavy (non-hydrogen) atoms. The van der Waals surface area contributed by atoms with E-state index in [-0.39, 0.29) is 59.4 Å². The molecule has 0 aromatic rings. The monoisotopic (exact) mass is 735 g/mol. The largest absolute Gasteiger partial charge is 0.375 e. The molecule has 6 aliphatic carbocycles. The van der Waals surface area contributed by atoms with E-state index in [4.69, 9.17) is 9.47 Å². The maximum absolute atomic E-state index is 13.9. The van der Waals surface area contributed by atoms with E-state index < -0.39 is 0 Å². The van der Waals surface area contributed by atoms with Gasteiger partial charge in [-0.1, -0.05) is 20.8 Å². The minimum atomic E-state index is -0.204. The third-order valence-electron chi connectivity index (χ3n) is 17.0. The predicted octanol–water partition coefficient (Wildman–Crippen LogP) is 8.49. The highest BCUT2D eigenvalue weighted by molar-refractivity contribution is 6.06. The number of rotatable bonds is 8. The highest BCUT2D eigenvalue weighted by atomic mass is 16.5. The Hall–Kier alpha value is -1.80. The van der Waals surface area contributed by atoms with Gasteiger partial charge in [0.1, 0.15) is 0 Å². The Morgan fingerprint density at radius 3 is 1.34 bits per heavy atom. The smallest absolute Gasteiger partial charge is 0.233 e. The molecule has 6 saturated carbocycles. The number of fused-ring (bicyclic) bond motifs is 2. The first-order valence-electron chi connectivity index (χ1n) is 22.5. The molecule has 8 nitrogen and oxygen atoms in total. The molecule has 0 bridgehead atoms. The number of carbonyl (C=O) groups is 4. The van der Waals surface area contributed by atoms with Crippen molar-refractivity contribution < 1.29 is 28.7 Å². The van der Waals surface area contributed by atoms with Crippen LogP contribution >= 0.6 is 0 Å². The van der Waals surface area contributed by atoms with Crippen molar-refractivity contribution in [2.24, 2.45) is 58.7 Å². The van der Waals surface area contributed by atoms with Gasteiger partial charge in [0.15, 0.2) is 0 Å². The molecule has 296 valence electrons. The third-order valence-corrected chi connectivity index (χ3v) is 17.0. The van der Waals surface area contributed by atoms with Crippen molar-refractivity contribution in [2.45, 2.75) is 192 Å². The summed E-state index contributed by atoms with van der Waals surface area (Å²) in [7, 11) is 1.62. The van der Waals surface area contributed by atoms with Crippen LogP contribution in [0, 0.1) is 58.7 Å². The first-order valence-corrected chi connectivity index (χ1v) is 22.5. The first-order chi connectivity index (χ1) is 25.5. The van der Waals surface area contributed by atoms with Gasteiger partial charge in [0, 0.05) is 13.1 Å². The summed E-state index contributed by atoms with van der Waals surface area (Å²) in [6, 6.07) is 0.00962. The van der Waals surface area contributed by atoms with Gasteiger partial charge in [0.25, 0.3) is 0 Å². The van der Waals surface area contributed by atoms with Crippen LogP contribution in [0.1, 0.15) is 162 Å². The number of hydrogen-bond donors (Lipinski definition) is 0. The second-order valence-electron chi connectivity index (χ2n) is 20.2. The van der Waals surface area contributed by atoms with Crippen molar-refractivity contribution in [1.29, 1.82) is 0 Å². The van der Waals surface area contributed by atoms with Gasteiger partial charge < -0.3 is 9.47 Å². The molecular formula is C45H70N2O6. The summed E-state index contributed by atoms with van der Waals surface area (Å²) in [4.78, 5) is 55.9. The third kappa shape index (κ3) is 7.56. The highest BCUT2D eigenvalue weighted by Gasteiger charge is 2.55. The molecule has 8 rings (SSSR count). The molecule has 0 aromatic carbocycles. The summed E-state index contributed by atoms with van der Waals surface area (Å²) in [5, 5.41) is 0. The molecule has 4 amide bonds. The average Bonchev–Trinajstić information content (AvgIpc) is 3.55. The van der Waals surface area contributed by atoms with Gasteiger partial charge >= 0.3 is 0 Å². The highest BCUT2D eigenvalue weighted by Crippen LogP contribution is 2.52. The van der Waals surface area contributed by atoms with Crippen molar-refractivity contribution in [3.8, 4) is 0 Å². The fraction of sp³-hybridized carbons (Fsp3) is 0.911. The summed E-state index contributed by atoms with van der Waals surface area (Å²) in [5.74, 6) is 2.55.